The Morgan fingerprint density at radius 3 is 2.88 bits per heavy atom. The number of aromatic nitrogens is 2. The van der Waals surface area contributed by atoms with Crippen LogP contribution in [0.4, 0.5) is 10.2 Å². The Bertz CT molecular complexity index is 931. The molecule has 1 aliphatic rings. The third kappa shape index (κ3) is 3.23. The highest BCUT2D eigenvalue weighted by Gasteiger charge is 2.27. The first kappa shape index (κ1) is 17.8. The van der Waals surface area contributed by atoms with Crippen molar-refractivity contribution in [3.63, 3.8) is 0 Å². The number of aliphatic hydroxyl groups excluding tert-OH is 1. The van der Waals surface area contributed by atoms with Crippen LogP contribution >= 0.6 is 0 Å². The number of pyridine rings is 1. The molecule has 0 bridgehead atoms. The van der Waals surface area contributed by atoms with Crippen molar-refractivity contribution in [1.29, 1.82) is 0 Å². The zero-order valence-corrected chi connectivity index (χ0v) is 14.6. The van der Waals surface area contributed by atoms with E-state index in [4.69, 9.17) is 0 Å². The molecular formula is C18H19FN4O3. The van der Waals surface area contributed by atoms with Gasteiger partial charge in [-0.1, -0.05) is 0 Å². The highest BCUT2D eigenvalue weighted by atomic mass is 19.1. The van der Waals surface area contributed by atoms with Gasteiger partial charge in [0.05, 0.1) is 23.4 Å². The Kier molecular flexibility index (Phi) is 4.60. The monoisotopic (exact) mass is 358 g/mol. The number of hydrogen-bond donors (Lipinski definition) is 4. The minimum atomic E-state index is -0.652. The molecule has 136 valence electrons. The molecule has 0 fully saturated rings. The second-order valence-corrected chi connectivity index (χ2v) is 6.28. The van der Waals surface area contributed by atoms with Crippen LogP contribution in [0.1, 0.15) is 39.8 Å². The van der Waals surface area contributed by atoms with Crippen molar-refractivity contribution in [2.75, 3.05) is 11.9 Å². The highest BCUT2D eigenvalue weighted by Crippen LogP contribution is 2.32. The number of nitrogens with zero attached hydrogens (tertiary/aromatic N) is 1. The largest absolute Gasteiger partial charge is 0.392 e. The fourth-order valence-electron chi connectivity index (χ4n) is 2.92. The zero-order valence-electron chi connectivity index (χ0n) is 14.6. The molecule has 1 atom stereocenters. The average Bonchev–Trinajstić information content (AvgIpc) is 3.02. The number of carbonyl (C=O) groups is 2. The van der Waals surface area contributed by atoms with Gasteiger partial charge in [-0.25, -0.2) is 9.37 Å². The lowest BCUT2D eigenvalue weighted by Gasteiger charge is -2.07. The van der Waals surface area contributed by atoms with Crippen LogP contribution in [0.15, 0.2) is 12.3 Å². The summed E-state index contributed by atoms with van der Waals surface area (Å²) in [5, 5.41) is 14.5. The maximum absolute atomic E-state index is 13.5. The normalized spacial score (nSPS) is 15.7. The Balaban J connectivity index is 1.98. The number of rotatable bonds is 4. The summed E-state index contributed by atoms with van der Waals surface area (Å²) in [7, 11) is 0. The van der Waals surface area contributed by atoms with Gasteiger partial charge in [-0.05, 0) is 38.5 Å². The summed E-state index contributed by atoms with van der Waals surface area (Å²) >= 11 is 0. The maximum atomic E-state index is 13.5. The van der Waals surface area contributed by atoms with Crippen molar-refractivity contribution in [1.82, 2.24) is 15.3 Å². The molecule has 8 heteroatoms. The highest BCUT2D eigenvalue weighted by molar-refractivity contribution is 6.34. The quantitative estimate of drug-likeness (QED) is 0.625. The zero-order chi connectivity index (χ0) is 19.0. The van der Waals surface area contributed by atoms with E-state index < -0.39 is 11.9 Å². The molecule has 2 aromatic heterocycles. The molecule has 3 heterocycles. The number of nitrogens with one attached hydrogen (secondary N) is 3. The Labute approximate surface area is 149 Å². The number of aliphatic hydroxyl groups is 1. The van der Waals surface area contributed by atoms with Crippen LogP contribution in [-0.4, -0.2) is 39.5 Å². The molecule has 7 nitrogen and oxygen atoms in total. The number of halogens is 1. The number of aryl methyl sites for hydroxylation is 1. The van der Waals surface area contributed by atoms with E-state index in [1.165, 1.54) is 6.07 Å². The van der Waals surface area contributed by atoms with E-state index in [-0.39, 0.29) is 23.9 Å². The molecule has 0 saturated heterocycles. The van der Waals surface area contributed by atoms with Crippen LogP contribution in [-0.2, 0) is 4.79 Å². The number of anilines is 1. The van der Waals surface area contributed by atoms with E-state index in [9.17, 15) is 19.1 Å². The van der Waals surface area contributed by atoms with Crippen molar-refractivity contribution >= 4 is 29.3 Å². The van der Waals surface area contributed by atoms with E-state index >= 15 is 0 Å². The minimum absolute atomic E-state index is 0.139. The van der Waals surface area contributed by atoms with Crippen molar-refractivity contribution in [3.05, 3.63) is 46.2 Å². The predicted molar refractivity (Wildman–Crippen MR) is 95.0 cm³/mol. The van der Waals surface area contributed by atoms with E-state index in [2.05, 4.69) is 20.6 Å². The van der Waals surface area contributed by atoms with Crippen molar-refractivity contribution in [3.8, 4) is 0 Å². The molecule has 4 N–H and O–H groups in total. The molecule has 2 amide bonds. The third-order valence-electron chi connectivity index (χ3n) is 4.17. The number of carbonyl (C=O) groups excluding carboxylic acids is 2. The van der Waals surface area contributed by atoms with Crippen molar-refractivity contribution in [2.24, 2.45) is 0 Å². The van der Waals surface area contributed by atoms with Crippen molar-refractivity contribution < 1.29 is 19.1 Å². The summed E-state index contributed by atoms with van der Waals surface area (Å²) < 4.78 is 13.5. The van der Waals surface area contributed by atoms with Gasteiger partial charge in [0.15, 0.2) is 0 Å². The molecule has 0 radical (unpaired) electrons. The second kappa shape index (κ2) is 6.72. The molecule has 0 saturated carbocycles. The molecule has 1 aliphatic heterocycles. The molecule has 0 aliphatic carbocycles. The number of amides is 2. The summed E-state index contributed by atoms with van der Waals surface area (Å²) in [6.45, 7) is 5.22. The van der Waals surface area contributed by atoms with Gasteiger partial charge in [-0.3, -0.25) is 9.59 Å². The predicted octanol–water partition coefficient (Wildman–Crippen LogP) is 1.77. The lowest BCUT2D eigenvalue weighted by atomic mass is 10.0. The first-order chi connectivity index (χ1) is 12.3. The second-order valence-electron chi connectivity index (χ2n) is 6.28. The van der Waals surface area contributed by atoms with Crippen LogP contribution in [0, 0.1) is 19.7 Å². The first-order valence-electron chi connectivity index (χ1n) is 8.12. The molecule has 26 heavy (non-hydrogen) atoms. The first-order valence-corrected chi connectivity index (χ1v) is 8.12. The van der Waals surface area contributed by atoms with Gasteiger partial charge in [0.2, 0.25) is 0 Å². The van der Waals surface area contributed by atoms with E-state index in [1.54, 1.807) is 26.8 Å². The van der Waals surface area contributed by atoms with Crippen LogP contribution in [0.2, 0.25) is 0 Å². The number of hydrogen-bond acceptors (Lipinski definition) is 4. The lowest BCUT2D eigenvalue weighted by Crippen LogP contribution is -2.31. The van der Waals surface area contributed by atoms with Gasteiger partial charge < -0.3 is 20.7 Å². The summed E-state index contributed by atoms with van der Waals surface area (Å²) in [4.78, 5) is 31.5. The topological polar surface area (TPSA) is 107 Å². The summed E-state index contributed by atoms with van der Waals surface area (Å²) in [6.07, 6.45) is 1.97. The van der Waals surface area contributed by atoms with Gasteiger partial charge in [0.25, 0.3) is 11.8 Å². The molecule has 1 unspecified atom stereocenters. The van der Waals surface area contributed by atoms with Gasteiger partial charge in [0, 0.05) is 23.5 Å². The van der Waals surface area contributed by atoms with Gasteiger partial charge >= 0.3 is 0 Å². The fourth-order valence-corrected chi connectivity index (χ4v) is 2.92. The van der Waals surface area contributed by atoms with Gasteiger partial charge in [0.1, 0.15) is 11.6 Å². The Morgan fingerprint density at radius 2 is 2.19 bits per heavy atom. The van der Waals surface area contributed by atoms with Gasteiger partial charge in [-0.15, -0.1) is 0 Å². The third-order valence-corrected chi connectivity index (χ3v) is 4.17. The average molecular weight is 358 g/mol. The van der Waals surface area contributed by atoms with E-state index in [0.29, 0.717) is 33.9 Å². The van der Waals surface area contributed by atoms with Crippen LogP contribution in [0.3, 0.4) is 0 Å². The summed E-state index contributed by atoms with van der Waals surface area (Å²) in [6, 6.07) is 1.24. The van der Waals surface area contributed by atoms with E-state index in [1.807, 2.05) is 0 Å². The molecule has 0 spiro atoms. The minimum Gasteiger partial charge on any atom is -0.392 e. The number of H-pyrrole nitrogens is 1. The standard InChI is InChI=1S/C18H19FN4O3/c1-8(24)6-21-18(26)15-9(2)14(22-10(15)3)5-13-12-4-11(19)7-20-16(12)23-17(13)25/h4-5,7-8,22,24H,6H2,1-3H3,(H,21,26)(H,20,23,25)/b13-5-. The fraction of sp³-hybridized carbons (Fsp3) is 0.278. The van der Waals surface area contributed by atoms with Crippen LogP contribution in [0.5, 0.6) is 0 Å². The SMILES string of the molecule is Cc1[nH]c(/C=C2\C(=O)Nc3ncc(F)cc32)c(C)c1C(=O)NCC(C)O. The smallest absolute Gasteiger partial charge is 0.257 e. The molecule has 2 aromatic rings. The number of fused-ring (bicyclic) bond motifs is 1. The van der Waals surface area contributed by atoms with Crippen LogP contribution in [0.25, 0.3) is 11.6 Å². The molecule has 3 rings (SSSR count). The Hall–Kier alpha value is -3.00. The Morgan fingerprint density at radius 1 is 1.46 bits per heavy atom. The molecule has 0 aromatic carbocycles. The van der Waals surface area contributed by atoms with Crippen molar-refractivity contribution in [2.45, 2.75) is 26.9 Å². The summed E-state index contributed by atoms with van der Waals surface area (Å²) in [5.74, 6) is -0.933. The summed E-state index contributed by atoms with van der Waals surface area (Å²) in [5.41, 5.74) is 2.96. The molecular weight excluding hydrogens is 339 g/mol. The van der Waals surface area contributed by atoms with Gasteiger partial charge in [-0.2, -0.15) is 0 Å². The lowest BCUT2D eigenvalue weighted by molar-refractivity contribution is -0.110. The van der Waals surface area contributed by atoms with Crippen LogP contribution < -0.4 is 10.6 Å². The number of aromatic amines is 1. The van der Waals surface area contributed by atoms with E-state index in [0.717, 1.165) is 6.20 Å². The maximum Gasteiger partial charge on any atom is 0.257 e.